The van der Waals surface area contributed by atoms with E-state index >= 15 is 0 Å². The third kappa shape index (κ3) is 3.18. The highest BCUT2D eigenvalue weighted by Gasteiger charge is 2.25. The van der Waals surface area contributed by atoms with Crippen LogP contribution in [0.15, 0.2) is 18.2 Å². The summed E-state index contributed by atoms with van der Waals surface area (Å²) in [4.78, 5) is 22.8. The van der Waals surface area contributed by atoms with Crippen LogP contribution in [0, 0.1) is 12.1 Å². The number of hydrogen-bond acceptors (Lipinski definition) is 3. The Balaban J connectivity index is 2.58. The van der Waals surface area contributed by atoms with Gasteiger partial charge in [-0.1, -0.05) is 12.1 Å². The third-order valence-corrected chi connectivity index (χ3v) is 2.39. The molecule has 3 heteroatoms. The van der Waals surface area contributed by atoms with E-state index in [9.17, 15) is 9.59 Å². The average Bonchev–Trinajstić information content (AvgIpc) is 2.27. The number of rotatable bonds is 5. The van der Waals surface area contributed by atoms with Crippen LogP contribution in [0.25, 0.3) is 0 Å². The van der Waals surface area contributed by atoms with Crippen LogP contribution < -0.4 is 0 Å². The second-order valence-electron chi connectivity index (χ2n) is 4.00. The number of Topliss-reactive ketones (excluding diaryl/α,β-unsaturated/α-hetero) is 2. The summed E-state index contributed by atoms with van der Waals surface area (Å²) in [7, 11) is 0. The van der Waals surface area contributed by atoms with Gasteiger partial charge in [0, 0.05) is 5.56 Å². The maximum atomic E-state index is 11.6. The van der Waals surface area contributed by atoms with Crippen LogP contribution in [-0.4, -0.2) is 23.8 Å². The molecule has 0 atom stereocenters. The molecule has 0 N–H and O–H groups in total. The van der Waals surface area contributed by atoms with Crippen molar-refractivity contribution < 1.29 is 14.3 Å². The second kappa shape index (κ2) is 4.91. The van der Waals surface area contributed by atoms with Crippen LogP contribution >= 0.6 is 0 Å². The summed E-state index contributed by atoms with van der Waals surface area (Å²) in [5.41, 5.74) is -0.404. The molecule has 1 aromatic carbocycles. The molecule has 0 unspecified atom stereocenters. The first kappa shape index (κ1) is 12.4. The molecule has 0 radical (unpaired) electrons. The number of ether oxygens (including phenoxy) is 1. The first-order valence-electron chi connectivity index (χ1n) is 4.99. The lowest BCUT2D eigenvalue weighted by Gasteiger charge is -2.21. The minimum absolute atomic E-state index is 0.103. The van der Waals surface area contributed by atoms with Gasteiger partial charge in [-0.2, -0.15) is 0 Å². The van der Waals surface area contributed by atoms with Crippen LogP contribution in [0.5, 0.6) is 0 Å². The predicted molar refractivity (Wildman–Crippen MR) is 59.2 cm³/mol. The van der Waals surface area contributed by atoms with Crippen LogP contribution in [-0.2, 0) is 9.53 Å². The van der Waals surface area contributed by atoms with E-state index in [2.05, 4.69) is 12.1 Å². The van der Waals surface area contributed by atoms with Gasteiger partial charge >= 0.3 is 0 Å². The third-order valence-electron chi connectivity index (χ3n) is 2.39. The standard InChI is InChI=1S/C13H14O3/c1-10(14)13(2,3)16-9-12(15)11-7-5-4-6-8-11/h5,7-8H,9H2,1-3H3. The molecule has 0 spiro atoms. The highest BCUT2D eigenvalue weighted by molar-refractivity contribution is 5.97. The number of carbonyl (C=O) groups excluding carboxylic acids is 2. The Morgan fingerprint density at radius 3 is 2.56 bits per heavy atom. The smallest absolute Gasteiger partial charge is 0.189 e. The van der Waals surface area contributed by atoms with E-state index in [0.717, 1.165) is 0 Å². The fourth-order valence-electron chi connectivity index (χ4n) is 0.951. The second-order valence-corrected chi connectivity index (χ2v) is 4.00. The average molecular weight is 218 g/mol. The van der Waals surface area contributed by atoms with Crippen LogP contribution in [0.4, 0.5) is 0 Å². The molecule has 0 aliphatic heterocycles. The first-order valence-corrected chi connectivity index (χ1v) is 4.99. The summed E-state index contributed by atoms with van der Waals surface area (Å²) in [6, 6.07) is 10.2. The summed E-state index contributed by atoms with van der Waals surface area (Å²) in [5.74, 6) is -0.271. The van der Waals surface area contributed by atoms with Gasteiger partial charge in [0.2, 0.25) is 0 Å². The molecular weight excluding hydrogens is 204 g/mol. The minimum atomic E-state index is -0.916. The zero-order valence-electron chi connectivity index (χ0n) is 9.66. The van der Waals surface area contributed by atoms with Crippen molar-refractivity contribution >= 4 is 11.6 Å². The van der Waals surface area contributed by atoms with Crippen molar-refractivity contribution in [3.63, 3.8) is 0 Å². The van der Waals surface area contributed by atoms with Crippen LogP contribution in [0.3, 0.4) is 0 Å². The molecule has 1 rings (SSSR count). The Bertz CT molecular complexity index is 379. The van der Waals surface area contributed by atoms with E-state index in [1.54, 1.807) is 32.0 Å². The zero-order valence-corrected chi connectivity index (χ0v) is 9.66. The van der Waals surface area contributed by atoms with Gasteiger partial charge in [-0.3, -0.25) is 9.59 Å². The Hall–Kier alpha value is -1.66. The van der Waals surface area contributed by atoms with Crippen LogP contribution in [0.1, 0.15) is 31.1 Å². The van der Waals surface area contributed by atoms with Crippen LogP contribution in [0.2, 0.25) is 0 Å². The molecule has 16 heavy (non-hydrogen) atoms. The molecule has 0 saturated carbocycles. The van der Waals surface area contributed by atoms with Gasteiger partial charge in [0.1, 0.15) is 12.2 Å². The summed E-state index contributed by atoms with van der Waals surface area (Å²) >= 11 is 0. The molecule has 0 aliphatic carbocycles. The molecule has 0 aliphatic rings. The predicted octanol–water partition coefficient (Wildman–Crippen LogP) is 1.85. The largest absolute Gasteiger partial charge is 0.360 e. The van der Waals surface area contributed by atoms with Crippen molar-refractivity contribution in [3.05, 3.63) is 35.9 Å². The molecular formula is C13H14O3. The summed E-state index contributed by atoms with van der Waals surface area (Å²) in [6.45, 7) is 4.63. The molecule has 0 fully saturated rings. The van der Waals surface area contributed by atoms with Gasteiger partial charge in [0.05, 0.1) is 0 Å². The maximum absolute atomic E-state index is 11.6. The van der Waals surface area contributed by atoms with Gasteiger partial charge in [0.25, 0.3) is 0 Å². The number of hydrogen-bond donors (Lipinski definition) is 0. The quantitative estimate of drug-likeness (QED) is 0.708. The van der Waals surface area contributed by atoms with Crippen molar-refractivity contribution in [1.29, 1.82) is 0 Å². The van der Waals surface area contributed by atoms with E-state index in [1.165, 1.54) is 6.92 Å². The van der Waals surface area contributed by atoms with Gasteiger partial charge in [-0.15, -0.1) is 0 Å². The Kier molecular flexibility index (Phi) is 3.81. The molecule has 84 valence electrons. The van der Waals surface area contributed by atoms with Gasteiger partial charge in [-0.05, 0) is 39.0 Å². The van der Waals surface area contributed by atoms with E-state index < -0.39 is 5.60 Å². The monoisotopic (exact) mass is 218 g/mol. The van der Waals surface area contributed by atoms with E-state index in [-0.39, 0.29) is 18.2 Å². The molecule has 0 aromatic heterocycles. The molecule has 0 bridgehead atoms. The van der Waals surface area contributed by atoms with Gasteiger partial charge in [-0.25, -0.2) is 0 Å². The molecule has 1 aromatic rings. The molecule has 3 nitrogen and oxygen atoms in total. The highest BCUT2D eigenvalue weighted by Crippen LogP contribution is 2.11. The van der Waals surface area contributed by atoms with Crippen molar-refractivity contribution in [2.45, 2.75) is 26.4 Å². The number of carbonyl (C=O) groups is 2. The number of ketones is 2. The topological polar surface area (TPSA) is 43.4 Å². The lowest BCUT2D eigenvalue weighted by molar-refractivity contribution is -0.136. The lowest BCUT2D eigenvalue weighted by atomic mass is 10.1. The zero-order chi connectivity index (χ0) is 12.2. The molecule has 0 saturated heterocycles. The van der Waals surface area contributed by atoms with Crippen molar-refractivity contribution in [1.82, 2.24) is 0 Å². The summed E-state index contributed by atoms with van der Waals surface area (Å²) < 4.78 is 5.28. The van der Waals surface area contributed by atoms with E-state index in [4.69, 9.17) is 4.74 Å². The molecule has 0 amide bonds. The maximum Gasteiger partial charge on any atom is 0.189 e. The lowest BCUT2D eigenvalue weighted by Crippen LogP contribution is -2.34. The van der Waals surface area contributed by atoms with Gasteiger partial charge < -0.3 is 4.74 Å². The van der Waals surface area contributed by atoms with Crippen molar-refractivity contribution in [2.24, 2.45) is 0 Å². The minimum Gasteiger partial charge on any atom is -0.360 e. The van der Waals surface area contributed by atoms with E-state index in [0.29, 0.717) is 5.56 Å². The SMILES string of the molecule is CC(=O)C(C)(C)OCC(=O)c1cc#ccc1. The fraction of sp³-hybridized carbons (Fsp3) is 0.385. The summed E-state index contributed by atoms with van der Waals surface area (Å²) in [5, 5.41) is 0. The normalized spacial score (nSPS) is 10.7. The summed E-state index contributed by atoms with van der Waals surface area (Å²) in [6.07, 6.45) is 0. The Morgan fingerprint density at radius 2 is 2.06 bits per heavy atom. The van der Waals surface area contributed by atoms with Gasteiger partial charge in [0.15, 0.2) is 11.6 Å². The Labute approximate surface area is 95.4 Å². The van der Waals surface area contributed by atoms with E-state index in [1.807, 2.05) is 0 Å². The first-order chi connectivity index (χ1) is 7.43. The van der Waals surface area contributed by atoms with Crippen molar-refractivity contribution in [3.8, 4) is 0 Å². The van der Waals surface area contributed by atoms with Crippen molar-refractivity contribution in [2.75, 3.05) is 6.61 Å². The molecule has 0 heterocycles. The fourth-order valence-corrected chi connectivity index (χ4v) is 0.951. The Morgan fingerprint density at radius 1 is 1.38 bits per heavy atom. The highest BCUT2D eigenvalue weighted by atomic mass is 16.5.